The molecule has 138 valence electrons. The molecule has 0 aliphatic carbocycles. The Morgan fingerprint density at radius 1 is 1.15 bits per heavy atom. The lowest BCUT2D eigenvalue weighted by molar-refractivity contribution is 0.0955. The third-order valence-electron chi connectivity index (χ3n) is 4.27. The number of nitrogens with zero attached hydrogens (tertiary/aromatic N) is 3. The molecule has 0 aliphatic heterocycles. The molecule has 0 atom stereocenters. The van der Waals surface area contributed by atoms with E-state index in [4.69, 9.17) is 11.6 Å². The molecular formula is C21H21ClN4O. The molecule has 0 aliphatic rings. The van der Waals surface area contributed by atoms with Crippen molar-refractivity contribution in [3.8, 4) is 0 Å². The Bertz CT molecular complexity index is 946. The highest BCUT2D eigenvalue weighted by Gasteiger charge is 2.12. The zero-order chi connectivity index (χ0) is 19.2. The predicted octanol–water partition coefficient (Wildman–Crippen LogP) is 4.22. The number of carbonyl (C=O) groups is 1. The number of carbonyl (C=O) groups excluding carboxylic acids is 1. The van der Waals surface area contributed by atoms with Gasteiger partial charge in [0.05, 0.1) is 24.0 Å². The third-order valence-corrected chi connectivity index (χ3v) is 4.67. The van der Waals surface area contributed by atoms with E-state index in [1.165, 1.54) is 11.8 Å². The molecule has 1 heterocycles. The molecule has 0 saturated heterocycles. The summed E-state index contributed by atoms with van der Waals surface area (Å²) in [5.41, 5.74) is 6.82. The van der Waals surface area contributed by atoms with Crippen LogP contribution >= 0.6 is 11.6 Å². The Morgan fingerprint density at radius 3 is 2.52 bits per heavy atom. The average Bonchev–Trinajstić information content (AvgIpc) is 2.96. The molecular weight excluding hydrogens is 360 g/mol. The monoisotopic (exact) mass is 380 g/mol. The van der Waals surface area contributed by atoms with Crippen LogP contribution in [0.25, 0.3) is 0 Å². The van der Waals surface area contributed by atoms with Gasteiger partial charge in [0.25, 0.3) is 5.91 Å². The minimum absolute atomic E-state index is 0.264. The minimum atomic E-state index is -0.264. The van der Waals surface area contributed by atoms with Gasteiger partial charge < -0.3 is 0 Å². The second-order valence-corrected chi connectivity index (χ2v) is 6.54. The SMILES string of the molecule is CCc1ccc(C(=O)N/N=C\c2c(C)nn(Cc3ccccc3)c2Cl)cc1. The summed E-state index contributed by atoms with van der Waals surface area (Å²) in [5.74, 6) is -0.264. The van der Waals surface area contributed by atoms with Crippen molar-refractivity contribution in [1.82, 2.24) is 15.2 Å². The fraction of sp³-hybridized carbons (Fsp3) is 0.190. The van der Waals surface area contributed by atoms with Crippen molar-refractivity contribution in [3.05, 3.63) is 87.7 Å². The first-order valence-corrected chi connectivity index (χ1v) is 9.15. The van der Waals surface area contributed by atoms with E-state index in [2.05, 4.69) is 22.5 Å². The lowest BCUT2D eigenvalue weighted by atomic mass is 10.1. The molecule has 2 aromatic carbocycles. The van der Waals surface area contributed by atoms with Crippen LogP contribution < -0.4 is 5.43 Å². The summed E-state index contributed by atoms with van der Waals surface area (Å²) in [5, 5.41) is 8.99. The fourth-order valence-corrected chi connectivity index (χ4v) is 2.97. The minimum Gasteiger partial charge on any atom is -0.267 e. The van der Waals surface area contributed by atoms with Gasteiger partial charge in [0.2, 0.25) is 0 Å². The van der Waals surface area contributed by atoms with E-state index in [1.54, 1.807) is 16.8 Å². The molecule has 27 heavy (non-hydrogen) atoms. The first-order chi connectivity index (χ1) is 13.1. The number of nitrogens with one attached hydrogen (secondary N) is 1. The van der Waals surface area contributed by atoms with Crippen LogP contribution in [-0.4, -0.2) is 21.9 Å². The quantitative estimate of drug-likeness (QED) is 0.514. The molecule has 3 aromatic rings. The van der Waals surface area contributed by atoms with E-state index in [9.17, 15) is 4.79 Å². The molecule has 0 spiro atoms. The van der Waals surface area contributed by atoms with Gasteiger partial charge in [-0.1, -0.05) is 61.0 Å². The van der Waals surface area contributed by atoms with Crippen molar-refractivity contribution in [2.45, 2.75) is 26.8 Å². The van der Waals surface area contributed by atoms with Gasteiger partial charge in [-0.05, 0) is 36.6 Å². The molecule has 0 bridgehead atoms. The number of hydrazone groups is 1. The molecule has 1 N–H and O–H groups in total. The smallest absolute Gasteiger partial charge is 0.267 e. The van der Waals surface area contributed by atoms with E-state index >= 15 is 0 Å². The summed E-state index contributed by atoms with van der Waals surface area (Å²) in [6.45, 7) is 4.51. The lowest BCUT2D eigenvalue weighted by Gasteiger charge is -2.03. The average molecular weight is 381 g/mol. The first-order valence-electron chi connectivity index (χ1n) is 8.77. The number of hydrogen-bond acceptors (Lipinski definition) is 3. The maximum absolute atomic E-state index is 12.2. The first kappa shape index (κ1) is 18.9. The molecule has 5 nitrogen and oxygen atoms in total. The van der Waals surface area contributed by atoms with Crippen LogP contribution in [0.1, 0.15) is 39.7 Å². The Hall–Kier alpha value is -2.92. The molecule has 3 rings (SSSR count). The van der Waals surface area contributed by atoms with Gasteiger partial charge in [0, 0.05) is 5.56 Å². The van der Waals surface area contributed by atoms with Crippen LogP contribution in [0.3, 0.4) is 0 Å². The highest BCUT2D eigenvalue weighted by atomic mass is 35.5. The second-order valence-electron chi connectivity index (χ2n) is 6.18. The number of halogens is 1. The van der Waals surface area contributed by atoms with Crippen LogP contribution in [0.4, 0.5) is 0 Å². The fourth-order valence-electron chi connectivity index (χ4n) is 2.69. The maximum atomic E-state index is 12.2. The molecule has 0 saturated carbocycles. The van der Waals surface area contributed by atoms with Gasteiger partial charge >= 0.3 is 0 Å². The summed E-state index contributed by atoms with van der Waals surface area (Å²) in [6, 6.07) is 17.4. The summed E-state index contributed by atoms with van der Waals surface area (Å²) >= 11 is 6.44. The van der Waals surface area contributed by atoms with Crippen LogP contribution in [0, 0.1) is 6.92 Å². The van der Waals surface area contributed by atoms with E-state index in [0.29, 0.717) is 22.8 Å². The normalized spacial score (nSPS) is 11.1. The van der Waals surface area contributed by atoms with Crippen molar-refractivity contribution in [1.29, 1.82) is 0 Å². The Balaban J connectivity index is 1.68. The van der Waals surface area contributed by atoms with E-state index < -0.39 is 0 Å². The van der Waals surface area contributed by atoms with Crippen molar-refractivity contribution < 1.29 is 4.79 Å². The highest BCUT2D eigenvalue weighted by molar-refractivity contribution is 6.32. The number of hydrogen-bond donors (Lipinski definition) is 1. The summed E-state index contributed by atoms with van der Waals surface area (Å²) in [4.78, 5) is 12.2. The maximum Gasteiger partial charge on any atom is 0.271 e. The number of aromatic nitrogens is 2. The van der Waals surface area contributed by atoms with E-state index in [0.717, 1.165) is 17.7 Å². The molecule has 0 radical (unpaired) electrons. The van der Waals surface area contributed by atoms with Gasteiger partial charge in [-0.25, -0.2) is 10.1 Å². The highest BCUT2D eigenvalue weighted by Crippen LogP contribution is 2.19. The van der Waals surface area contributed by atoms with Crippen molar-refractivity contribution >= 4 is 23.7 Å². The van der Waals surface area contributed by atoms with Crippen molar-refractivity contribution in [2.24, 2.45) is 5.10 Å². The zero-order valence-electron chi connectivity index (χ0n) is 15.3. The molecule has 1 amide bonds. The number of rotatable bonds is 6. The number of amides is 1. The van der Waals surface area contributed by atoms with Gasteiger partial charge in [0.1, 0.15) is 5.15 Å². The van der Waals surface area contributed by atoms with Crippen LogP contribution in [-0.2, 0) is 13.0 Å². The second kappa shape index (κ2) is 8.64. The zero-order valence-corrected chi connectivity index (χ0v) is 16.1. The molecule has 0 unspecified atom stereocenters. The molecule has 1 aromatic heterocycles. The Kier molecular flexibility index (Phi) is 6.04. The topological polar surface area (TPSA) is 59.3 Å². The summed E-state index contributed by atoms with van der Waals surface area (Å²) in [6.07, 6.45) is 2.47. The van der Waals surface area contributed by atoms with Crippen LogP contribution in [0.2, 0.25) is 5.15 Å². The summed E-state index contributed by atoms with van der Waals surface area (Å²) in [7, 11) is 0. The summed E-state index contributed by atoms with van der Waals surface area (Å²) < 4.78 is 1.72. The largest absolute Gasteiger partial charge is 0.271 e. The van der Waals surface area contributed by atoms with Gasteiger partial charge in [-0.2, -0.15) is 10.2 Å². The number of aryl methyl sites for hydroxylation is 2. The number of benzene rings is 2. The standard InChI is InChI=1S/C21H21ClN4O/c1-3-16-9-11-18(12-10-16)21(27)24-23-13-19-15(2)25-26(20(19)22)14-17-7-5-4-6-8-17/h4-13H,3,14H2,1-2H3,(H,24,27)/b23-13-. The van der Waals surface area contributed by atoms with Gasteiger partial charge in [-0.15, -0.1) is 0 Å². The third kappa shape index (κ3) is 4.63. The molecule has 6 heteroatoms. The Labute approximate surface area is 163 Å². The van der Waals surface area contributed by atoms with Crippen molar-refractivity contribution in [2.75, 3.05) is 0 Å². The molecule has 0 fully saturated rings. The van der Waals surface area contributed by atoms with E-state index in [-0.39, 0.29) is 5.91 Å². The lowest BCUT2D eigenvalue weighted by Crippen LogP contribution is -2.17. The van der Waals surface area contributed by atoms with Crippen LogP contribution in [0.15, 0.2) is 59.7 Å². The van der Waals surface area contributed by atoms with Crippen LogP contribution in [0.5, 0.6) is 0 Å². The predicted molar refractivity (Wildman–Crippen MR) is 108 cm³/mol. The van der Waals surface area contributed by atoms with Gasteiger partial charge in [0.15, 0.2) is 0 Å². The van der Waals surface area contributed by atoms with E-state index in [1.807, 2.05) is 49.4 Å². The Morgan fingerprint density at radius 2 is 1.85 bits per heavy atom. The van der Waals surface area contributed by atoms with Gasteiger partial charge in [-0.3, -0.25) is 4.79 Å². The van der Waals surface area contributed by atoms with Crippen molar-refractivity contribution in [3.63, 3.8) is 0 Å².